The van der Waals surface area contributed by atoms with Gasteiger partial charge in [0.05, 0.1) is 34.4 Å². The molecule has 0 bridgehead atoms. The molecule has 0 amide bonds. The SMILES string of the molecule is N#Cc1cc2nc(-c3cnn4ccc(N5CCC[C@@H]5c5cc(F)ccc5F)nc34)[nH]c2cc1O. The maximum absolute atomic E-state index is 14.5. The van der Waals surface area contributed by atoms with E-state index in [4.69, 9.17) is 10.2 Å². The van der Waals surface area contributed by atoms with E-state index in [0.717, 1.165) is 18.6 Å². The Labute approximate surface area is 191 Å². The van der Waals surface area contributed by atoms with Gasteiger partial charge in [0.2, 0.25) is 0 Å². The van der Waals surface area contributed by atoms with E-state index in [0.29, 0.717) is 52.4 Å². The van der Waals surface area contributed by atoms with Crippen molar-refractivity contribution >= 4 is 22.5 Å². The van der Waals surface area contributed by atoms with Crippen molar-refractivity contribution in [2.45, 2.75) is 18.9 Å². The van der Waals surface area contributed by atoms with Crippen LogP contribution in [0.4, 0.5) is 14.6 Å². The molecule has 1 aliphatic heterocycles. The van der Waals surface area contributed by atoms with E-state index < -0.39 is 11.6 Å². The van der Waals surface area contributed by atoms with Crippen LogP contribution in [-0.4, -0.2) is 36.2 Å². The second-order valence-electron chi connectivity index (χ2n) is 8.21. The van der Waals surface area contributed by atoms with Gasteiger partial charge in [-0.2, -0.15) is 10.4 Å². The number of nitrogens with one attached hydrogen (secondary N) is 1. The summed E-state index contributed by atoms with van der Waals surface area (Å²) in [5.74, 6) is 0.0706. The molecule has 8 nitrogen and oxygen atoms in total. The average molecular weight is 457 g/mol. The van der Waals surface area contributed by atoms with Gasteiger partial charge < -0.3 is 15.0 Å². The largest absolute Gasteiger partial charge is 0.506 e. The Morgan fingerprint density at radius 3 is 2.88 bits per heavy atom. The molecule has 1 fully saturated rings. The minimum Gasteiger partial charge on any atom is -0.506 e. The van der Waals surface area contributed by atoms with Crippen LogP contribution in [-0.2, 0) is 0 Å². The molecule has 2 aromatic carbocycles. The van der Waals surface area contributed by atoms with E-state index in [-0.39, 0.29) is 17.4 Å². The summed E-state index contributed by atoms with van der Waals surface area (Å²) in [6.07, 6.45) is 4.91. The lowest BCUT2D eigenvalue weighted by Gasteiger charge is -2.26. The number of phenols is 1. The van der Waals surface area contributed by atoms with Crippen molar-refractivity contribution in [2.24, 2.45) is 0 Å². The molecule has 1 atom stereocenters. The molecule has 168 valence electrons. The van der Waals surface area contributed by atoms with Crippen LogP contribution in [0.1, 0.15) is 30.0 Å². The van der Waals surface area contributed by atoms with Crippen LogP contribution >= 0.6 is 0 Å². The maximum Gasteiger partial charge on any atom is 0.168 e. The first-order valence-electron chi connectivity index (χ1n) is 10.7. The number of hydrogen-bond donors (Lipinski definition) is 2. The lowest BCUT2D eigenvalue weighted by Crippen LogP contribution is -2.24. The van der Waals surface area contributed by atoms with Crippen LogP contribution in [0, 0.1) is 23.0 Å². The zero-order valence-electron chi connectivity index (χ0n) is 17.7. The van der Waals surface area contributed by atoms with E-state index in [9.17, 15) is 13.9 Å². The third kappa shape index (κ3) is 3.13. The fraction of sp³-hybridized carbons (Fsp3) is 0.167. The number of aromatic amines is 1. The van der Waals surface area contributed by atoms with Gasteiger partial charge in [0.1, 0.15) is 35.1 Å². The molecule has 1 saturated heterocycles. The third-order valence-corrected chi connectivity index (χ3v) is 6.19. The topological polar surface area (TPSA) is 106 Å². The molecule has 34 heavy (non-hydrogen) atoms. The van der Waals surface area contributed by atoms with Crippen LogP contribution < -0.4 is 4.90 Å². The minimum atomic E-state index is -0.472. The number of H-pyrrole nitrogens is 1. The zero-order valence-corrected chi connectivity index (χ0v) is 17.7. The van der Waals surface area contributed by atoms with Crippen LogP contribution in [0.2, 0.25) is 0 Å². The zero-order chi connectivity index (χ0) is 23.4. The molecule has 10 heteroatoms. The number of imidazole rings is 1. The number of halogens is 2. The van der Waals surface area contributed by atoms with E-state index in [1.165, 1.54) is 18.2 Å². The van der Waals surface area contributed by atoms with Crippen LogP contribution in [0.15, 0.2) is 48.8 Å². The summed E-state index contributed by atoms with van der Waals surface area (Å²) in [5.41, 5.74) is 2.72. The molecule has 1 aliphatic rings. The number of hydrogen-bond acceptors (Lipinski definition) is 6. The number of aromatic hydroxyl groups is 1. The van der Waals surface area contributed by atoms with Gasteiger partial charge in [0, 0.05) is 24.4 Å². The first-order chi connectivity index (χ1) is 16.5. The summed E-state index contributed by atoms with van der Waals surface area (Å²) in [5, 5.41) is 23.5. The van der Waals surface area contributed by atoms with Gasteiger partial charge >= 0.3 is 0 Å². The normalized spacial score (nSPS) is 15.9. The molecule has 0 spiro atoms. The van der Waals surface area contributed by atoms with Crippen molar-refractivity contribution in [3.8, 4) is 23.2 Å². The molecule has 4 heterocycles. The van der Waals surface area contributed by atoms with Gasteiger partial charge in [-0.3, -0.25) is 0 Å². The fourth-order valence-electron chi connectivity index (χ4n) is 4.58. The van der Waals surface area contributed by atoms with E-state index >= 15 is 0 Å². The lowest BCUT2D eigenvalue weighted by molar-refractivity contribution is 0.474. The highest BCUT2D eigenvalue weighted by Crippen LogP contribution is 2.37. The minimum absolute atomic E-state index is 0.130. The molecule has 5 aromatic rings. The Bertz CT molecular complexity index is 1620. The van der Waals surface area contributed by atoms with Crippen LogP contribution in [0.3, 0.4) is 0 Å². The number of aromatic nitrogens is 5. The molecular weight excluding hydrogens is 440 g/mol. The Balaban J connectivity index is 1.43. The molecule has 6 rings (SSSR count). The third-order valence-electron chi connectivity index (χ3n) is 6.19. The van der Waals surface area contributed by atoms with Crippen molar-refractivity contribution < 1.29 is 13.9 Å². The van der Waals surface area contributed by atoms with E-state index in [2.05, 4.69) is 15.1 Å². The molecule has 0 saturated carbocycles. The smallest absolute Gasteiger partial charge is 0.168 e. The number of phenolic OH excluding ortho intramolecular Hbond substituents is 1. The highest BCUT2D eigenvalue weighted by atomic mass is 19.1. The number of nitriles is 1. The van der Waals surface area contributed by atoms with E-state index in [1.807, 2.05) is 11.0 Å². The quantitative estimate of drug-likeness (QED) is 0.414. The fourth-order valence-corrected chi connectivity index (χ4v) is 4.58. The Kier molecular flexibility index (Phi) is 4.45. The molecule has 0 aliphatic carbocycles. The monoisotopic (exact) mass is 457 g/mol. The highest BCUT2D eigenvalue weighted by Gasteiger charge is 2.30. The van der Waals surface area contributed by atoms with Gasteiger partial charge in [-0.05, 0) is 43.2 Å². The molecule has 0 radical (unpaired) electrons. The van der Waals surface area contributed by atoms with Crippen LogP contribution in [0.5, 0.6) is 5.75 Å². The Morgan fingerprint density at radius 1 is 1.15 bits per heavy atom. The number of rotatable bonds is 3. The number of fused-ring (bicyclic) bond motifs is 2. The van der Waals surface area contributed by atoms with Gasteiger partial charge in [-0.25, -0.2) is 23.3 Å². The molecule has 0 unspecified atom stereocenters. The van der Waals surface area contributed by atoms with Crippen molar-refractivity contribution in [3.63, 3.8) is 0 Å². The molecule has 2 N–H and O–H groups in total. The number of benzene rings is 2. The molecular formula is C24H17F2N7O. The second-order valence-corrected chi connectivity index (χ2v) is 8.21. The van der Waals surface area contributed by atoms with E-state index in [1.54, 1.807) is 23.0 Å². The summed E-state index contributed by atoms with van der Waals surface area (Å²) < 4.78 is 30.0. The first-order valence-corrected chi connectivity index (χ1v) is 10.7. The number of anilines is 1. The summed E-state index contributed by atoms with van der Waals surface area (Å²) in [6, 6.07) is 9.91. The summed E-state index contributed by atoms with van der Waals surface area (Å²) in [7, 11) is 0. The predicted octanol–water partition coefficient (Wildman–Crippen LogP) is 4.47. The molecule has 3 aromatic heterocycles. The van der Waals surface area contributed by atoms with Crippen molar-refractivity contribution in [3.05, 3.63) is 71.6 Å². The van der Waals surface area contributed by atoms with Gasteiger partial charge in [0.25, 0.3) is 0 Å². The van der Waals surface area contributed by atoms with Gasteiger partial charge in [0.15, 0.2) is 5.65 Å². The second kappa shape index (κ2) is 7.52. The van der Waals surface area contributed by atoms with Crippen molar-refractivity contribution in [1.29, 1.82) is 5.26 Å². The maximum atomic E-state index is 14.5. The van der Waals surface area contributed by atoms with Crippen LogP contribution in [0.25, 0.3) is 28.1 Å². The Hall–Kier alpha value is -4.52. The van der Waals surface area contributed by atoms with Gasteiger partial charge in [-0.1, -0.05) is 0 Å². The average Bonchev–Trinajstić information content (AvgIpc) is 3.57. The van der Waals surface area contributed by atoms with Crippen molar-refractivity contribution in [2.75, 3.05) is 11.4 Å². The summed E-state index contributed by atoms with van der Waals surface area (Å²) in [6.45, 7) is 0.661. The van der Waals surface area contributed by atoms with Gasteiger partial charge in [-0.15, -0.1) is 0 Å². The first kappa shape index (κ1) is 20.1. The number of nitrogens with zero attached hydrogens (tertiary/aromatic N) is 6. The van der Waals surface area contributed by atoms with Crippen molar-refractivity contribution in [1.82, 2.24) is 24.6 Å². The predicted molar refractivity (Wildman–Crippen MR) is 120 cm³/mol. The Morgan fingerprint density at radius 2 is 2.03 bits per heavy atom. The summed E-state index contributed by atoms with van der Waals surface area (Å²) in [4.78, 5) is 14.5. The summed E-state index contributed by atoms with van der Waals surface area (Å²) >= 11 is 0. The highest BCUT2D eigenvalue weighted by molar-refractivity contribution is 5.85. The lowest BCUT2D eigenvalue weighted by atomic mass is 10.0. The standard InChI is InChI=1S/C24H17F2N7O/c25-14-3-4-17(26)15(9-14)20-2-1-6-32(20)22-5-7-33-24(31-22)16(12-28-33)23-29-18-8-13(11-27)21(34)10-19(18)30-23/h3-5,7-10,12,20,34H,1-2,6H2,(H,29,30)/t20-/m1/s1.